The molecule has 0 atom stereocenters. The molecule has 5 heteroatoms. The lowest BCUT2D eigenvalue weighted by Gasteiger charge is -2.08. The highest BCUT2D eigenvalue weighted by Gasteiger charge is 2.02. The Bertz CT molecular complexity index is 496. The zero-order valence-electron chi connectivity index (χ0n) is 8.74. The first-order chi connectivity index (χ1) is 7.66. The Balaban J connectivity index is 2.08. The van der Waals surface area contributed by atoms with Gasteiger partial charge < -0.3 is 9.88 Å². The molecular formula is C11H11BrClN3. The van der Waals surface area contributed by atoms with E-state index in [9.17, 15) is 0 Å². The normalized spacial score (nSPS) is 10.4. The molecule has 1 aromatic heterocycles. The van der Waals surface area contributed by atoms with E-state index in [-0.39, 0.29) is 0 Å². The van der Waals surface area contributed by atoms with E-state index in [4.69, 9.17) is 11.6 Å². The van der Waals surface area contributed by atoms with Crippen molar-refractivity contribution in [1.29, 1.82) is 0 Å². The number of hydrogen-bond acceptors (Lipinski definition) is 2. The topological polar surface area (TPSA) is 29.9 Å². The standard InChI is InChI=1S/C11H11BrClN3/c1-16-5-4-14-11(16)7-15-10-3-2-8(13)6-9(10)12/h2-6,15H,7H2,1H3. The minimum absolute atomic E-state index is 0.684. The molecule has 84 valence electrons. The first kappa shape index (κ1) is 11.5. The SMILES string of the molecule is Cn1ccnc1CNc1ccc(Cl)cc1Br. The molecule has 0 aliphatic heterocycles. The molecule has 1 aromatic carbocycles. The van der Waals surface area contributed by atoms with E-state index in [1.54, 1.807) is 6.20 Å². The minimum Gasteiger partial charge on any atom is -0.377 e. The number of rotatable bonds is 3. The van der Waals surface area contributed by atoms with Crippen LogP contribution in [0.25, 0.3) is 0 Å². The Hall–Kier alpha value is -1.000. The first-order valence-electron chi connectivity index (χ1n) is 4.82. The summed E-state index contributed by atoms with van der Waals surface area (Å²) >= 11 is 9.32. The molecule has 0 saturated carbocycles. The van der Waals surface area contributed by atoms with E-state index in [0.29, 0.717) is 6.54 Å². The fraction of sp³-hybridized carbons (Fsp3) is 0.182. The summed E-state index contributed by atoms with van der Waals surface area (Å²) in [5, 5.41) is 4.01. The molecule has 0 aliphatic rings. The molecule has 0 spiro atoms. The summed E-state index contributed by atoms with van der Waals surface area (Å²) in [6.07, 6.45) is 3.71. The fourth-order valence-electron chi connectivity index (χ4n) is 1.37. The Morgan fingerprint density at radius 3 is 2.94 bits per heavy atom. The van der Waals surface area contributed by atoms with Crippen LogP contribution >= 0.6 is 27.5 Å². The van der Waals surface area contributed by atoms with Gasteiger partial charge in [-0.15, -0.1) is 0 Å². The summed E-state index contributed by atoms with van der Waals surface area (Å²) in [7, 11) is 1.97. The summed E-state index contributed by atoms with van der Waals surface area (Å²) < 4.78 is 2.94. The van der Waals surface area contributed by atoms with E-state index in [0.717, 1.165) is 21.0 Å². The second-order valence-corrected chi connectivity index (χ2v) is 4.72. The van der Waals surface area contributed by atoms with E-state index in [1.807, 2.05) is 36.0 Å². The maximum atomic E-state index is 5.87. The van der Waals surface area contributed by atoms with E-state index < -0.39 is 0 Å². The van der Waals surface area contributed by atoms with Gasteiger partial charge in [-0.25, -0.2) is 4.98 Å². The van der Waals surface area contributed by atoms with Crippen LogP contribution in [0.5, 0.6) is 0 Å². The first-order valence-corrected chi connectivity index (χ1v) is 5.99. The highest BCUT2D eigenvalue weighted by molar-refractivity contribution is 9.10. The predicted octanol–water partition coefficient (Wildman–Crippen LogP) is 3.45. The number of imidazole rings is 1. The number of nitrogens with zero attached hydrogens (tertiary/aromatic N) is 2. The van der Waals surface area contributed by atoms with Crippen molar-refractivity contribution in [2.24, 2.45) is 7.05 Å². The smallest absolute Gasteiger partial charge is 0.127 e. The number of halogens is 2. The largest absolute Gasteiger partial charge is 0.377 e. The van der Waals surface area contributed by atoms with Crippen LogP contribution in [0.3, 0.4) is 0 Å². The molecular weight excluding hydrogens is 289 g/mol. The van der Waals surface area contributed by atoms with Crippen LogP contribution in [0.15, 0.2) is 35.1 Å². The lowest BCUT2D eigenvalue weighted by Crippen LogP contribution is -2.05. The summed E-state index contributed by atoms with van der Waals surface area (Å²) in [5.41, 5.74) is 1.01. The number of nitrogens with one attached hydrogen (secondary N) is 1. The maximum absolute atomic E-state index is 5.87. The lowest BCUT2D eigenvalue weighted by atomic mass is 10.3. The van der Waals surface area contributed by atoms with Gasteiger partial charge >= 0.3 is 0 Å². The minimum atomic E-state index is 0.684. The van der Waals surface area contributed by atoms with Crippen molar-refractivity contribution in [2.45, 2.75) is 6.54 Å². The Labute approximate surface area is 108 Å². The molecule has 2 rings (SSSR count). The summed E-state index contributed by atoms with van der Waals surface area (Å²) in [6.45, 7) is 0.684. The van der Waals surface area contributed by atoms with Gasteiger partial charge in [0.25, 0.3) is 0 Å². The van der Waals surface area contributed by atoms with Gasteiger partial charge in [-0.05, 0) is 34.1 Å². The molecule has 16 heavy (non-hydrogen) atoms. The molecule has 0 amide bonds. The van der Waals surface area contributed by atoms with Crippen molar-refractivity contribution >= 4 is 33.2 Å². The summed E-state index contributed by atoms with van der Waals surface area (Å²) in [5.74, 6) is 0.988. The van der Waals surface area contributed by atoms with Crippen LogP contribution in [0.4, 0.5) is 5.69 Å². The van der Waals surface area contributed by atoms with Crippen LogP contribution in [0.1, 0.15) is 5.82 Å². The average Bonchev–Trinajstić information content (AvgIpc) is 2.63. The number of aryl methyl sites for hydroxylation is 1. The molecule has 0 saturated heterocycles. The van der Waals surface area contributed by atoms with Gasteiger partial charge in [-0.2, -0.15) is 0 Å². The van der Waals surface area contributed by atoms with E-state index >= 15 is 0 Å². The number of anilines is 1. The van der Waals surface area contributed by atoms with Crippen LogP contribution in [0, 0.1) is 0 Å². The predicted molar refractivity (Wildman–Crippen MR) is 69.7 cm³/mol. The third-order valence-electron chi connectivity index (χ3n) is 2.29. The van der Waals surface area contributed by atoms with Gasteiger partial charge in [0.2, 0.25) is 0 Å². The molecule has 3 nitrogen and oxygen atoms in total. The van der Waals surface area contributed by atoms with Crippen molar-refractivity contribution in [3.63, 3.8) is 0 Å². The quantitative estimate of drug-likeness (QED) is 0.941. The molecule has 0 radical (unpaired) electrons. The van der Waals surface area contributed by atoms with Gasteiger partial charge in [0.1, 0.15) is 5.82 Å². The molecule has 0 fully saturated rings. The van der Waals surface area contributed by atoms with Gasteiger partial charge in [-0.3, -0.25) is 0 Å². The molecule has 1 N–H and O–H groups in total. The molecule has 2 aromatic rings. The zero-order chi connectivity index (χ0) is 11.5. The second-order valence-electron chi connectivity index (χ2n) is 3.43. The Morgan fingerprint density at radius 1 is 1.50 bits per heavy atom. The molecule has 0 aliphatic carbocycles. The third kappa shape index (κ3) is 2.57. The number of benzene rings is 1. The highest BCUT2D eigenvalue weighted by Crippen LogP contribution is 2.26. The molecule has 0 unspecified atom stereocenters. The summed E-state index contributed by atoms with van der Waals surface area (Å²) in [4.78, 5) is 4.24. The van der Waals surface area contributed by atoms with Crippen LogP contribution < -0.4 is 5.32 Å². The molecule has 0 bridgehead atoms. The van der Waals surface area contributed by atoms with Crippen molar-refractivity contribution in [3.05, 3.63) is 45.9 Å². The van der Waals surface area contributed by atoms with E-state index in [1.165, 1.54) is 0 Å². The highest BCUT2D eigenvalue weighted by atomic mass is 79.9. The number of aromatic nitrogens is 2. The Morgan fingerprint density at radius 2 is 2.31 bits per heavy atom. The Kier molecular flexibility index (Phi) is 3.51. The van der Waals surface area contributed by atoms with Crippen molar-refractivity contribution in [2.75, 3.05) is 5.32 Å². The van der Waals surface area contributed by atoms with Crippen LogP contribution in [0.2, 0.25) is 5.02 Å². The lowest BCUT2D eigenvalue weighted by molar-refractivity contribution is 0.812. The van der Waals surface area contributed by atoms with Gasteiger partial charge in [0.05, 0.1) is 6.54 Å². The molecule has 1 heterocycles. The van der Waals surface area contributed by atoms with Crippen molar-refractivity contribution in [1.82, 2.24) is 9.55 Å². The second kappa shape index (κ2) is 4.89. The number of hydrogen-bond donors (Lipinski definition) is 1. The van der Waals surface area contributed by atoms with Crippen LogP contribution in [-0.4, -0.2) is 9.55 Å². The van der Waals surface area contributed by atoms with Gasteiger partial charge in [0.15, 0.2) is 0 Å². The van der Waals surface area contributed by atoms with Crippen molar-refractivity contribution in [3.8, 4) is 0 Å². The van der Waals surface area contributed by atoms with Crippen molar-refractivity contribution < 1.29 is 0 Å². The van der Waals surface area contributed by atoms with Gasteiger partial charge in [0, 0.05) is 34.6 Å². The monoisotopic (exact) mass is 299 g/mol. The zero-order valence-corrected chi connectivity index (χ0v) is 11.1. The van der Waals surface area contributed by atoms with Gasteiger partial charge in [-0.1, -0.05) is 11.6 Å². The maximum Gasteiger partial charge on any atom is 0.127 e. The average molecular weight is 301 g/mol. The third-order valence-corrected chi connectivity index (χ3v) is 3.18. The fourth-order valence-corrected chi connectivity index (χ4v) is 2.20. The van der Waals surface area contributed by atoms with Crippen LogP contribution in [-0.2, 0) is 13.6 Å². The van der Waals surface area contributed by atoms with E-state index in [2.05, 4.69) is 26.2 Å². The summed E-state index contributed by atoms with van der Waals surface area (Å²) in [6, 6.07) is 5.66.